The highest BCUT2D eigenvalue weighted by Crippen LogP contribution is 2.15. The number of hydrogen-bond acceptors (Lipinski definition) is 3. The van der Waals surface area contributed by atoms with E-state index in [0.29, 0.717) is 12.5 Å². The predicted octanol–water partition coefficient (Wildman–Crippen LogP) is 0.690. The summed E-state index contributed by atoms with van der Waals surface area (Å²) in [6, 6.07) is 0. The van der Waals surface area contributed by atoms with Crippen LogP contribution in [-0.4, -0.2) is 49.3 Å². The number of nitrogens with one attached hydrogen (secondary N) is 1. The van der Waals surface area contributed by atoms with E-state index in [9.17, 15) is 0 Å². The number of aliphatic hydroxyl groups is 1. The highest BCUT2D eigenvalue weighted by atomic mass is 16.3. The van der Waals surface area contributed by atoms with Crippen molar-refractivity contribution in [3.8, 4) is 0 Å². The third-order valence-corrected chi connectivity index (χ3v) is 3.04. The molecule has 0 atom stereocenters. The molecule has 0 spiro atoms. The minimum absolute atomic E-state index is 0.380. The van der Waals surface area contributed by atoms with E-state index in [1.165, 1.54) is 38.9 Å². The molecule has 1 rings (SSSR count). The Morgan fingerprint density at radius 2 is 2.07 bits per heavy atom. The van der Waals surface area contributed by atoms with Gasteiger partial charge in [0.2, 0.25) is 0 Å². The number of piperidine rings is 1. The van der Waals surface area contributed by atoms with Crippen LogP contribution < -0.4 is 5.32 Å². The summed E-state index contributed by atoms with van der Waals surface area (Å²) in [5, 5.41) is 12.3. The van der Waals surface area contributed by atoms with Crippen LogP contribution in [0.15, 0.2) is 0 Å². The van der Waals surface area contributed by atoms with Gasteiger partial charge in [-0.3, -0.25) is 0 Å². The van der Waals surface area contributed by atoms with Crippen molar-refractivity contribution >= 4 is 0 Å². The maximum Gasteiger partial charge on any atom is 0.0460 e. The van der Waals surface area contributed by atoms with Crippen LogP contribution in [0.2, 0.25) is 0 Å². The van der Waals surface area contributed by atoms with Crippen LogP contribution >= 0.6 is 0 Å². The van der Waals surface area contributed by atoms with Crippen LogP contribution in [0.5, 0.6) is 0 Å². The highest BCUT2D eigenvalue weighted by Gasteiger charge is 2.17. The van der Waals surface area contributed by atoms with Crippen LogP contribution in [0.3, 0.4) is 0 Å². The number of likely N-dealkylation sites (tertiary alicyclic amines) is 1. The van der Waals surface area contributed by atoms with Crippen LogP contribution in [0.1, 0.15) is 26.2 Å². The number of rotatable bonds is 6. The van der Waals surface area contributed by atoms with E-state index in [2.05, 4.69) is 17.1 Å². The van der Waals surface area contributed by atoms with Gasteiger partial charge in [-0.1, -0.05) is 6.92 Å². The smallest absolute Gasteiger partial charge is 0.0460 e. The third kappa shape index (κ3) is 4.40. The molecule has 0 aromatic heterocycles. The van der Waals surface area contributed by atoms with Crippen LogP contribution in [0.25, 0.3) is 0 Å². The van der Waals surface area contributed by atoms with Gasteiger partial charge in [-0.25, -0.2) is 0 Å². The maximum absolute atomic E-state index is 8.99. The predicted molar refractivity (Wildman–Crippen MR) is 59.4 cm³/mol. The molecule has 84 valence electrons. The van der Waals surface area contributed by atoms with Gasteiger partial charge in [0.15, 0.2) is 0 Å². The molecule has 0 saturated carbocycles. The van der Waals surface area contributed by atoms with Gasteiger partial charge in [-0.2, -0.15) is 0 Å². The first-order valence-corrected chi connectivity index (χ1v) is 5.90. The summed E-state index contributed by atoms with van der Waals surface area (Å²) >= 11 is 0. The normalized spacial score (nSPS) is 20.1. The van der Waals surface area contributed by atoms with E-state index in [4.69, 9.17) is 5.11 Å². The van der Waals surface area contributed by atoms with E-state index in [1.807, 2.05) is 0 Å². The Hall–Kier alpha value is -0.120. The molecule has 1 fully saturated rings. The first kappa shape index (κ1) is 12.0. The standard InChI is InChI=1S/C11H24N2O/c1-2-12-6-3-7-13-8-4-11(10-14)5-9-13/h11-12,14H,2-10H2,1H3. The molecule has 3 heteroatoms. The fourth-order valence-corrected chi connectivity index (χ4v) is 2.00. The highest BCUT2D eigenvalue weighted by molar-refractivity contribution is 4.71. The summed E-state index contributed by atoms with van der Waals surface area (Å²) in [6.07, 6.45) is 3.60. The topological polar surface area (TPSA) is 35.5 Å². The lowest BCUT2D eigenvalue weighted by Gasteiger charge is -2.30. The second-order valence-corrected chi connectivity index (χ2v) is 4.17. The van der Waals surface area contributed by atoms with Crippen LogP contribution in [-0.2, 0) is 0 Å². The quantitative estimate of drug-likeness (QED) is 0.619. The van der Waals surface area contributed by atoms with Crippen molar-refractivity contribution in [2.45, 2.75) is 26.2 Å². The molecule has 0 aromatic carbocycles. The van der Waals surface area contributed by atoms with Crippen molar-refractivity contribution in [2.24, 2.45) is 5.92 Å². The lowest BCUT2D eigenvalue weighted by Crippen LogP contribution is -2.36. The number of aliphatic hydroxyl groups excluding tert-OH is 1. The lowest BCUT2D eigenvalue weighted by atomic mass is 9.98. The van der Waals surface area contributed by atoms with Crippen LogP contribution in [0.4, 0.5) is 0 Å². The molecule has 0 unspecified atom stereocenters. The molecular weight excluding hydrogens is 176 g/mol. The van der Waals surface area contributed by atoms with E-state index in [1.54, 1.807) is 0 Å². The van der Waals surface area contributed by atoms with Crippen LogP contribution in [0, 0.1) is 5.92 Å². The largest absolute Gasteiger partial charge is 0.396 e. The van der Waals surface area contributed by atoms with Crippen molar-refractivity contribution in [3.63, 3.8) is 0 Å². The van der Waals surface area contributed by atoms with Gasteiger partial charge in [0, 0.05) is 6.61 Å². The molecule has 14 heavy (non-hydrogen) atoms. The summed E-state index contributed by atoms with van der Waals surface area (Å²) in [6.45, 7) is 8.31. The SMILES string of the molecule is CCNCCCN1CCC(CO)CC1. The molecule has 1 aliphatic heterocycles. The Morgan fingerprint density at radius 1 is 1.36 bits per heavy atom. The van der Waals surface area contributed by atoms with Crippen molar-refractivity contribution in [1.29, 1.82) is 0 Å². The second-order valence-electron chi connectivity index (χ2n) is 4.17. The first-order valence-electron chi connectivity index (χ1n) is 5.90. The van der Waals surface area contributed by atoms with Gasteiger partial charge in [0.05, 0.1) is 0 Å². The summed E-state index contributed by atoms with van der Waals surface area (Å²) in [5.41, 5.74) is 0. The minimum atomic E-state index is 0.380. The van der Waals surface area contributed by atoms with Gasteiger partial charge in [0.25, 0.3) is 0 Å². The van der Waals surface area contributed by atoms with E-state index >= 15 is 0 Å². The first-order chi connectivity index (χ1) is 6.86. The van der Waals surface area contributed by atoms with Gasteiger partial charge >= 0.3 is 0 Å². The average Bonchev–Trinajstić information content (AvgIpc) is 2.25. The van der Waals surface area contributed by atoms with Gasteiger partial charge in [-0.15, -0.1) is 0 Å². The Balaban J connectivity index is 1.98. The van der Waals surface area contributed by atoms with E-state index < -0.39 is 0 Å². The fourth-order valence-electron chi connectivity index (χ4n) is 2.00. The molecule has 1 saturated heterocycles. The van der Waals surface area contributed by atoms with Gasteiger partial charge in [-0.05, 0) is 57.9 Å². The molecule has 0 aliphatic carbocycles. The fraction of sp³-hybridized carbons (Fsp3) is 1.00. The molecule has 0 aromatic rings. The second kappa shape index (κ2) is 7.21. The molecule has 3 nitrogen and oxygen atoms in total. The molecule has 1 aliphatic rings. The summed E-state index contributed by atoms with van der Waals surface area (Å²) < 4.78 is 0. The molecule has 0 amide bonds. The van der Waals surface area contributed by atoms with Crippen molar-refractivity contribution in [2.75, 3.05) is 39.3 Å². The Kier molecular flexibility index (Phi) is 6.15. The number of nitrogens with zero attached hydrogens (tertiary/aromatic N) is 1. The minimum Gasteiger partial charge on any atom is -0.396 e. The van der Waals surface area contributed by atoms with Crippen molar-refractivity contribution in [3.05, 3.63) is 0 Å². The summed E-state index contributed by atoms with van der Waals surface area (Å²) in [7, 11) is 0. The van der Waals surface area contributed by atoms with Crippen molar-refractivity contribution in [1.82, 2.24) is 10.2 Å². The molecule has 0 bridgehead atoms. The average molecular weight is 200 g/mol. The van der Waals surface area contributed by atoms with Crippen molar-refractivity contribution < 1.29 is 5.11 Å². The Bertz CT molecular complexity index is 133. The van der Waals surface area contributed by atoms with E-state index in [0.717, 1.165) is 13.1 Å². The zero-order chi connectivity index (χ0) is 10.2. The number of hydrogen-bond donors (Lipinski definition) is 2. The summed E-state index contributed by atoms with van der Waals surface area (Å²) in [5.74, 6) is 0.569. The lowest BCUT2D eigenvalue weighted by molar-refractivity contribution is 0.131. The summed E-state index contributed by atoms with van der Waals surface area (Å²) in [4.78, 5) is 2.52. The van der Waals surface area contributed by atoms with Gasteiger partial charge < -0.3 is 15.3 Å². The molecule has 1 heterocycles. The maximum atomic E-state index is 8.99. The zero-order valence-electron chi connectivity index (χ0n) is 9.34. The monoisotopic (exact) mass is 200 g/mol. The van der Waals surface area contributed by atoms with E-state index in [-0.39, 0.29) is 0 Å². The zero-order valence-corrected chi connectivity index (χ0v) is 9.34. The third-order valence-electron chi connectivity index (χ3n) is 3.04. The Labute approximate surface area is 87.5 Å². The molecular formula is C11H24N2O. The molecule has 2 N–H and O–H groups in total. The Morgan fingerprint density at radius 3 is 2.64 bits per heavy atom. The van der Waals surface area contributed by atoms with Gasteiger partial charge in [0.1, 0.15) is 0 Å². The molecule has 0 radical (unpaired) electrons.